The first kappa shape index (κ1) is 22.3. The standard InChI is InChI=1S/C29H38FN/c1-6-8-24-14-22(17-31-18-29(7-2,19-31)16-20(3)4)15-26(23-9-10-23)28(24)25-11-12-27(30)21(5)13-25/h7,11-14,22-23H,2-3,6,8-10,15-19H2,1,4-5H3. The molecule has 3 aliphatic rings. The number of nitrogens with zero attached hydrogens (tertiary/aromatic N) is 1. The second-order valence-electron chi connectivity index (χ2n) is 10.4. The Morgan fingerprint density at radius 2 is 2.03 bits per heavy atom. The van der Waals surface area contributed by atoms with E-state index in [-0.39, 0.29) is 11.2 Å². The van der Waals surface area contributed by atoms with Gasteiger partial charge in [-0.3, -0.25) is 0 Å². The summed E-state index contributed by atoms with van der Waals surface area (Å²) in [4.78, 5) is 2.60. The lowest BCUT2D eigenvalue weighted by molar-refractivity contribution is 0.0316. The van der Waals surface area contributed by atoms with Gasteiger partial charge in [0.15, 0.2) is 0 Å². The van der Waals surface area contributed by atoms with Gasteiger partial charge in [-0.05, 0) is 92.2 Å². The van der Waals surface area contributed by atoms with E-state index in [1.807, 2.05) is 13.0 Å². The van der Waals surface area contributed by atoms with Crippen LogP contribution in [-0.2, 0) is 0 Å². The largest absolute Gasteiger partial charge is 0.301 e. The summed E-state index contributed by atoms with van der Waals surface area (Å²) in [5.41, 5.74) is 8.01. The van der Waals surface area contributed by atoms with Gasteiger partial charge in [-0.25, -0.2) is 4.39 Å². The van der Waals surface area contributed by atoms with Crippen LogP contribution >= 0.6 is 0 Å². The molecule has 1 nitrogen and oxygen atoms in total. The molecule has 2 aliphatic carbocycles. The van der Waals surface area contributed by atoms with Gasteiger partial charge in [0.25, 0.3) is 0 Å². The van der Waals surface area contributed by atoms with E-state index in [2.05, 4.69) is 50.1 Å². The monoisotopic (exact) mass is 419 g/mol. The van der Waals surface area contributed by atoms with Crippen molar-refractivity contribution in [3.63, 3.8) is 0 Å². The molecule has 31 heavy (non-hydrogen) atoms. The molecule has 166 valence electrons. The molecular weight excluding hydrogens is 381 g/mol. The topological polar surface area (TPSA) is 3.24 Å². The lowest BCUT2D eigenvalue weighted by atomic mass is 9.73. The Morgan fingerprint density at radius 3 is 2.61 bits per heavy atom. The fourth-order valence-electron chi connectivity index (χ4n) is 5.81. The van der Waals surface area contributed by atoms with Crippen molar-refractivity contribution >= 4 is 5.57 Å². The molecule has 0 radical (unpaired) electrons. The van der Waals surface area contributed by atoms with Gasteiger partial charge in [-0.2, -0.15) is 0 Å². The molecule has 1 aromatic rings. The van der Waals surface area contributed by atoms with Gasteiger partial charge in [0.2, 0.25) is 0 Å². The number of likely N-dealkylation sites (tertiary alicyclic amines) is 1. The third-order valence-corrected chi connectivity index (χ3v) is 7.25. The predicted octanol–water partition coefficient (Wildman–Crippen LogP) is 7.50. The van der Waals surface area contributed by atoms with Crippen molar-refractivity contribution in [3.05, 3.63) is 77.2 Å². The van der Waals surface area contributed by atoms with E-state index in [4.69, 9.17) is 0 Å². The van der Waals surface area contributed by atoms with Crippen LogP contribution in [0.25, 0.3) is 5.57 Å². The Kier molecular flexibility index (Phi) is 6.40. The molecule has 2 fully saturated rings. The van der Waals surface area contributed by atoms with Crippen LogP contribution in [0.2, 0.25) is 0 Å². The van der Waals surface area contributed by atoms with E-state index in [1.54, 1.807) is 11.6 Å². The summed E-state index contributed by atoms with van der Waals surface area (Å²) < 4.78 is 14.0. The van der Waals surface area contributed by atoms with Crippen LogP contribution in [0.3, 0.4) is 0 Å². The fraction of sp³-hybridized carbons (Fsp3) is 0.517. The average Bonchev–Trinajstić information content (AvgIpc) is 3.53. The summed E-state index contributed by atoms with van der Waals surface area (Å²) in [6.07, 6.45) is 11.8. The Hall–Kier alpha value is -1.93. The Bertz CT molecular complexity index is 924. The molecule has 1 saturated heterocycles. The second kappa shape index (κ2) is 8.90. The zero-order chi connectivity index (χ0) is 22.2. The Labute approximate surface area is 188 Å². The first-order valence-electron chi connectivity index (χ1n) is 12.0. The number of halogens is 1. The van der Waals surface area contributed by atoms with Crippen LogP contribution in [0, 0.1) is 30.0 Å². The minimum Gasteiger partial charge on any atom is -0.301 e. The smallest absolute Gasteiger partial charge is 0.126 e. The summed E-state index contributed by atoms with van der Waals surface area (Å²) in [7, 11) is 0. The van der Waals surface area contributed by atoms with Crippen LogP contribution in [0.4, 0.5) is 4.39 Å². The lowest BCUT2D eigenvalue weighted by Gasteiger charge is -2.50. The molecule has 0 N–H and O–H groups in total. The summed E-state index contributed by atoms with van der Waals surface area (Å²) in [5, 5.41) is 0. The number of benzene rings is 1. The first-order valence-corrected chi connectivity index (χ1v) is 12.0. The predicted molar refractivity (Wildman–Crippen MR) is 130 cm³/mol. The van der Waals surface area contributed by atoms with Crippen LogP contribution in [0.1, 0.15) is 63.5 Å². The number of hydrogen-bond acceptors (Lipinski definition) is 1. The van der Waals surface area contributed by atoms with Crippen molar-refractivity contribution in [2.24, 2.45) is 17.3 Å². The first-order chi connectivity index (χ1) is 14.8. The van der Waals surface area contributed by atoms with Gasteiger partial charge in [0.05, 0.1) is 0 Å². The summed E-state index contributed by atoms with van der Waals surface area (Å²) in [5.74, 6) is 1.20. The third-order valence-electron chi connectivity index (χ3n) is 7.25. The Morgan fingerprint density at radius 1 is 1.29 bits per heavy atom. The third kappa shape index (κ3) is 4.80. The highest BCUT2D eigenvalue weighted by Gasteiger charge is 2.41. The summed E-state index contributed by atoms with van der Waals surface area (Å²) >= 11 is 0. The highest BCUT2D eigenvalue weighted by molar-refractivity contribution is 5.83. The van der Waals surface area contributed by atoms with E-state index in [0.29, 0.717) is 5.92 Å². The maximum atomic E-state index is 14.0. The highest BCUT2D eigenvalue weighted by atomic mass is 19.1. The van der Waals surface area contributed by atoms with Crippen molar-refractivity contribution in [1.82, 2.24) is 4.90 Å². The van der Waals surface area contributed by atoms with Gasteiger partial charge in [0.1, 0.15) is 5.82 Å². The molecule has 1 atom stereocenters. The SMILES string of the molecule is C=CC1(CC(=C)C)CN(CC2C=C(CCC)C(c3ccc(F)c(C)c3)=C(C3CC3)C2)C1. The van der Waals surface area contributed by atoms with Gasteiger partial charge >= 0.3 is 0 Å². The van der Waals surface area contributed by atoms with E-state index in [1.165, 1.54) is 35.1 Å². The second-order valence-corrected chi connectivity index (χ2v) is 10.4. The van der Waals surface area contributed by atoms with Crippen molar-refractivity contribution in [2.45, 2.75) is 59.3 Å². The van der Waals surface area contributed by atoms with E-state index in [9.17, 15) is 4.39 Å². The zero-order valence-corrected chi connectivity index (χ0v) is 19.6. The van der Waals surface area contributed by atoms with Crippen molar-refractivity contribution < 1.29 is 4.39 Å². The Balaban J connectivity index is 1.56. The van der Waals surface area contributed by atoms with Crippen LogP contribution in [0.5, 0.6) is 0 Å². The molecule has 0 aromatic heterocycles. The minimum atomic E-state index is -0.106. The van der Waals surface area contributed by atoms with Crippen molar-refractivity contribution in [1.29, 1.82) is 0 Å². The molecule has 0 spiro atoms. The van der Waals surface area contributed by atoms with Gasteiger partial charge < -0.3 is 4.90 Å². The molecule has 1 aromatic carbocycles. The average molecular weight is 420 g/mol. The maximum absolute atomic E-state index is 14.0. The zero-order valence-electron chi connectivity index (χ0n) is 19.6. The molecule has 2 heteroatoms. The number of aryl methyl sites for hydroxylation is 1. The highest BCUT2D eigenvalue weighted by Crippen LogP contribution is 2.49. The van der Waals surface area contributed by atoms with Crippen molar-refractivity contribution in [3.8, 4) is 0 Å². The van der Waals surface area contributed by atoms with E-state index in [0.717, 1.165) is 56.8 Å². The summed E-state index contributed by atoms with van der Waals surface area (Å²) in [6.45, 7) is 17.8. The van der Waals surface area contributed by atoms with Gasteiger partial charge in [-0.15, -0.1) is 13.2 Å². The van der Waals surface area contributed by atoms with E-state index < -0.39 is 0 Å². The lowest BCUT2D eigenvalue weighted by Crippen LogP contribution is -2.56. The molecule has 1 heterocycles. The molecule has 0 amide bonds. The van der Waals surface area contributed by atoms with Crippen LogP contribution in [0.15, 0.2) is 60.2 Å². The van der Waals surface area contributed by atoms with Crippen LogP contribution < -0.4 is 0 Å². The quantitative estimate of drug-likeness (QED) is 0.375. The number of rotatable bonds is 9. The maximum Gasteiger partial charge on any atom is 0.126 e. The molecule has 1 saturated carbocycles. The van der Waals surface area contributed by atoms with Gasteiger partial charge in [0, 0.05) is 25.0 Å². The molecule has 0 bridgehead atoms. The van der Waals surface area contributed by atoms with Gasteiger partial charge in [-0.1, -0.05) is 42.7 Å². The number of hydrogen-bond donors (Lipinski definition) is 0. The van der Waals surface area contributed by atoms with E-state index >= 15 is 0 Å². The fourth-order valence-corrected chi connectivity index (χ4v) is 5.81. The van der Waals surface area contributed by atoms with Crippen LogP contribution in [-0.4, -0.2) is 24.5 Å². The molecule has 1 aliphatic heterocycles. The summed E-state index contributed by atoms with van der Waals surface area (Å²) in [6, 6.07) is 5.70. The van der Waals surface area contributed by atoms with Crippen molar-refractivity contribution in [2.75, 3.05) is 19.6 Å². The minimum absolute atomic E-state index is 0.106. The molecular formula is C29H38FN. The number of allylic oxidation sites excluding steroid dienone is 4. The normalized spacial score (nSPS) is 23.4. The molecule has 4 rings (SSSR count). The molecule has 1 unspecified atom stereocenters.